The van der Waals surface area contributed by atoms with E-state index in [1.54, 1.807) is 0 Å². The molecule has 1 aromatic heterocycles. The van der Waals surface area contributed by atoms with Gasteiger partial charge in [-0.2, -0.15) is 0 Å². The van der Waals surface area contributed by atoms with Gasteiger partial charge in [-0.1, -0.05) is 57.2 Å². The topological polar surface area (TPSA) is 93.4 Å². The van der Waals surface area contributed by atoms with E-state index in [9.17, 15) is 9.90 Å². The highest BCUT2D eigenvalue weighted by Gasteiger charge is 2.44. The molecule has 40 heavy (non-hydrogen) atoms. The van der Waals surface area contributed by atoms with E-state index in [0.717, 1.165) is 41.5 Å². The fourth-order valence-corrected chi connectivity index (χ4v) is 5.89. The molecule has 2 aromatic carbocycles. The second kappa shape index (κ2) is 13.2. The molecule has 5 rings (SSSR count). The first-order valence-electron chi connectivity index (χ1n) is 14.5. The van der Waals surface area contributed by atoms with Crippen molar-refractivity contribution in [1.29, 1.82) is 0 Å². The lowest BCUT2D eigenvalue weighted by atomic mass is 10.00. The molecule has 3 heterocycles. The summed E-state index contributed by atoms with van der Waals surface area (Å²) in [7, 11) is 0. The number of nitrogens with one attached hydrogen (secondary N) is 1. The third kappa shape index (κ3) is 7.04. The number of aliphatic hydroxyl groups excluding tert-OH is 1. The van der Waals surface area contributed by atoms with Crippen LogP contribution in [0.5, 0.6) is 0 Å². The molecule has 0 unspecified atom stereocenters. The molecule has 2 saturated heterocycles. The molecule has 0 spiro atoms. The number of aliphatic hydroxyl groups is 1. The number of fused-ring (bicyclic) bond motifs is 2. The quantitative estimate of drug-likeness (QED) is 0.331. The Morgan fingerprint density at radius 3 is 2.73 bits per heavy atom. The maximum absolute atomic E-state index is 13.0. The predicted octanol–water partition coefficient (Wildman–Crippen LogP) is 4.91. The molecule has 2 fully saturated rings. The summed E-state index contributed by atoms with van der Waals surface area (Å²) in [5, 5.41) is 15.7. The summed E-state index contributed by atoms with van der Waals surface area (Å²) in [6, 6.07) is 15.7. The molecular formula is C32H42N2O6. The molecular weight excluding hydrogens is 508 g/mol. The Hall–Kier alpha value is -2.91. The molecule has 2 N–H and O–H groups in total. The Morgan fingerprint density at radius 2 is 1.95 bits per heavy atom. The fourth-order valence-electron chi connectivity index (χ4n) is 5.89. The number of hydrogen-bond donors (Lipinski definition) is 2. The van der Waals surface area contributed by atoms with Crippen LogP contribution in [0.2, 0.25) is 0 Å². The second-order valence-corrected chi connectivity index (χ2v) is 11.5. The van der Waals surface area contributed by atoms with Crippen molar-refractivity contribution in [3.63, 3.8) is 0 Å². The zero-order valence-electron chi connectivity index (χ0n) is 23.8. The Labute approximate surface area is 236 Å². The van der Waals surface area contributed by atoms with E-state index in [4.69, 9.17) is 18.6 Å². The zero-order chi connectivity index (χ0) is 28.1. The van der Waals surface area contributed by atoms with Gasteiger partial charge in [-0.05, 0) is 54.0 Å². The van der Waals surface area contributed by atoms with Gasteiger partial charge >= 0.3 is 6.09 Å². The van der Waals surface area contributed by atoms with Crippen LogP contribution < -0.4 is 5.32 Å². The maximum atomic E-state index is 13.0. The van der Waals surface area contributed by atoms with Crippen molar-refractivity contribution < 1.29 is 28.5 Å². The largest absolute Gasteiger partial charge is 0.464 e. The van der Waals surface area contributed by atoms with Gasteiger partial charge < -0.3 is 29.1 Å². The van der Waals surface area contributed by atoms with Crippen LogP contribution in [0.3, 0.4) is 0 Å². The Morgan fingerprint density at radius 1 is 1.12 bits per heavy atom. The summed E-state index contributed by atoms with van der Waals surface area (Å²) in [6.07, 6.45) is 2.08. The van der Waals surface area contributed by atoms with E-state index in [1.807, 2.05) is 42.7 Å². The molecule has 0 aliphatic carbocycles. The number of hydrogen-bond acceptors (Lipinski definition) is 7. The van der Waals surface area contributed by atoms with E-state index in [-0.39, 0.29) is 18.3 Å². The molecule has 0 bridgehead atoms. The number of carbonyl (C=O) groups is 1. The van der Waals surface area contributed by atoms with Crippen LogP contribution in [0.4, 0.5) is 4.79 Å². The Balaban J connectivity index is 1.28. The number of nitrogens with zero attached hydrogens (tertiary/aromatic N) is 1. The highest BCUT2D eigenvalue weighted by molar-refractivity contribution is 5.81. The second-order valence-electron chi connectivity index (χ2n) is 11.5. The molecule has 8 nitrogen and oxygen atoms in total. The number of carbonyl (C=O) groups excluding carboxylic acids is 1. The molecule has 0 radical (unpaired) electrons. The number of alkyl carbamates (subject to hydrolysis) is 1. The average molecular weight is 551 g/mol. The van der Waals surface area contributed by atoms with Gasteiger partial charge in [0.15, 0.2) is 6.29 Å². The summed E-state index contributed by atoms with van der Waals surface area (Å²) in [6.45, 7) is 9.33. The Kier molecular flexibility index (Phi) is 9.42. The maximum Gasteiger partial charge on any atom is 0.407 e. The lowest BCUT2D eigenvalue weighted by molar-refractivity contribution is -0.0907. The fraction of sp³-hybridized carbons (Fsp3) is 0.531. The number of benzene rings is 2. The van der Waals surface area contributed by atoms with Crippen molar-refractivity contribution in [2.24, 2.45) is 11.8 Å². The van der Waals surface area contributed by atoms with E-state index >= 15 is 0 Å². The van der Waals surface area contributed by atoms with Crippen molar-refractivity contribution in [1.82, 2.24) is 10.2 Å². The number of ether oxygens (including phenoxy) is 3. The van der Waals surface area contributed by atoms with Gasteiger partial charge in [-0.25, -0.2) is 4.79 Å². The van der Waals surface area contributed by atoms with Crippen molar-refractivity contribution >= 4 is 17.1 Å². The highest BCUT2D eigenvalue weighted by atomic mass is 16.7. The van der Waals surface area contributed by atoms with Crippen LogP contribution >= 0.6 is 0 Å². The van der Waals surface area contributed by atoms with Crippen LogP contribution in [0.15, 0.2) is 59.2 Å². The lowest BCUT2D eigenvalue weighted by Gasteiger charge is -2.31. The summed E-state index contributed by atoms with van der Waals surface area (Å²) in [4.78, 5) is 15.3. The molecule has 5 atom stereocenters. The third-order valence-corrected chi connectivity index (χ3v) is 7.88. The van der Waals surface area contributed by atoms with Crippen LogP contribution in [0.1, 0.15) is 43.9 Å². The molecule has 216 valence electrons. The summed E-state index contributed by atoms with van der Waals surface area (Å²) < 4.78 is 22.7. The first-order valence-corrected chi connectivity index (χ1v) is 14.5. The number of furan rings is 1. The van der Waals surface area contributed by atoms with Gasteiger partial charge in [0, 0.05) is 25.0 Å². The number of rotatable bonds is 12. The van der Waals surface area contributed by atoms with E-state index < -0.39 is 18.2 Å². The van der Waals surface area contributed by atoms with Crippen LogP contribution in [-0.4, -0.2) is 66.9 Å². The molecule has 2 aliphatic rings. The average Bonchev–Trinajstić information content (AvgIpc) is 3.65. The van der Waals surface area contributed by atoms with E-state index in [2.05, 4.69) is 43.1 Å². The van der Waals surface area contributed by atoms with Gasteiger partial charge in [-0.15, -0.1) is 0 Å². The van der Waals surface area contributed by atoms with Crippen molar-refractivity contribution in [3.05, 3.63) is 71.5 Å². The predicted molar refractivity (Wildman–Crippen MR) is 153 cm³/mol. The molecule has 8 heteroatoms. The summed E-state index contributed by atoms with van der Waals surface area (Å²) >= 11 is 0. The minimum atomic E-state index is -0.808. The van der Waals surface area contributed by atoms with Crippen LogP contribution in [0.25, 0.3) is 11.0 Å². The van der Waals surface area contributed by atoms with Gasteiger partial charge in [0.05, 0.1) is 37.5 Å². The number of amides is 1. The van der Waals surface area contributed by atoms with Crippen molar-refractivity contribution in [2.75, 3.05) is 26.3 Å². The first-order chi connectivity index (χ1) is 19.4. The Bertz CT molecular complexity index is 1240. The monoisotopic (exact) mass is 550 g/mol. The number of aryl methyl sites for hydroxylation is 1. The van der Waals surface area contributed by atoms with Gasteiger partial charge in [-0.3, -0.25) is 4.90 Å². The first kappa shape index (κ1) is 28.6. The van der Waals surface area contributed by atoms with E-state index in [0.29, 0.717) is 38.6 Å². The normalized spacial score (nSPS) is 22.1. The zero-order valence-corrected chi connectivity index (χ0v) is 23.8. The smallest absolute Gasteiger partial charge is 0.407 e. The minimum absolute atomic E-state index is 0.0607. The van der Waals surface area contributed by atoms with Gasteiger partial charge in [0.25, 0.3) is 0 Å². The lowest BCUT2D eigenvalue weighted by Crippen LogP contribution is -2.50. The van der Waals surface area contributed by atoms with Crippen LogP contribution in [-0.2, 0) is 33.6 Å². The van der Waals surface area contributed by atoms with Crippen molar-refractivity contribution in [2.45, 2.75) is 71.1 Å². The molecule has 2 aliphatic heterocycles. The van der Waals surface area contributed by atoms with Crippen LogP contribution in [0, 0.1) is 11.8 Å². The SMILES string of the molecule is CCc1coc2ccc(CN(CC(C)C)C[C@@H](O)[C@H](Cc3ccccc3)NC(=O)O[C@H]3CO[C@H]4OCC[C@H]43)cc12. The molecule has 0 saturated carbocycles. The van der Waals surface area contributed by atoms with Crippen molar-refractivity contribution in [3.8, 4) is 0 Å². The van der Waals surface area contributed by atoms with Gasteiger partial charge in [0.1, 0.15) is 11.7 Å². The molecule has 3 aromatic rings. The molecule has 1 amide bonds. The third-order valence-electron chi connectivity index (χ3n) is 7.88. The highest BCUT2D eigenvalue weighted by Crippen LogP contribution is 2.33. The van der Waals surface area contributed by atoms with E-state index in [1.165, 1.54) is 5.56 Å². The standard InChI is InChI=1S/C32H42N2O6/c1-4-24-19-38-29-11-10-23(14-26(24)29)17-34(16-21(2)3)18-28(35)27(15-22-8-6-5-7-9-22)33-32(36)40-30-20-39-31-25(30)12-13-37-31/h5-11,14,19,21,25,27-28,30-31,35H,4,12-13,15-18,20H2,1-3H3,(H,33,36)/t25-,27-,28+,30-,31+/m0/s1. The van der Waals surface area contributed by atoms with Gasteiger partial charge in [0.2, 0.25) is 0 Å². The summed E-state index contributed by atoms with van der Waals surface area (Å²) in [5.74, 6) is 0.469. The minimum Gasteiger partial charge on any atom is -0.464 e. The summed E-state index contributed by atoms with van der Waals surface area (Å²) in [5.41, 5.74) is 4.29.